The van der Waals surface area contributed by atoms with Gasteiger partial charge in [0.25, 0.3) is 0 Å². The second kappa shape index (κ2) is 14.8. The van der Waals surface area contributed by atoms with Crippen molar-refractivity contribution in [2.24, 2.45) is 0 Å². The first kappa shape index (κ1) is 21.5. The topological polar surface area (TPSA) is 21.3 Å². The first-order valence-corrected chi connectivity index (χ1v) is 10.6. The van der Waals surface area contributed by atoms with Crippen molar-refractivity contribution in [3.05, 3.63) is 28.2 Å². The molecule has 0 amide bonds. The molecule has 0 aliphatic rings. The number of halogens is 1. The van der Waals surface area contributed by atoms with Gasteiger partial charge < -0.3 is 10.1 Å². The first-order chi connectivity index (χ1) is 11.7. The Balaban J connectivity index is 1.84. The molecule has 0 saturated carbocycles. The minimum Gasteiger partial charge on any atom is -0.385 e. The summed E-state index contributed by atoms with van der Waals surface area (Å²) in [6.07, 6.45) is 13.0. The minimum atomic E-state index is 0.955. The molecule has 1 rings (SSSR count). The van der Waals surface area contributed by atoms with Crippen molar-refractivity contribution in [3.8, 4) is 0 Å². The van der Waals surface area contributed by atoms with E-state index in [-0.39, 0.29) is 0 Å². The second-order valence-corrected chi connectivity index (χ2v) is 7.60. The van der Waals surface area contributed by atoms with E-state index in [0.717, 1.165) is 24.2 Å². The molecule has 3 heteroatoms. The van der Waals surface area contributed by atoms with Crippen LogP contribution < -0.4 is 5.32 Å². The van der Waals surface area contributed by atoms with Crippen molar-refractivity contribution in [2.45, 2.75) is 78.1 Å². The van der Waals surface area contributed by atoms with Crippen molar-refractivity contribution < 1.29 is 4.74 Å². The molecule has 2 nitrogen and oxygen atoms in total. The fraction of sp³-hybridized carbons (Fsp3) is 0.714. The number of ether oxygens (including phenoxy) is 1. The molecule has 138 valence electrons. The van der Waals surface area contributed by atoms with Gasteiger partial charge in [-0.25, -0.2) is 0 Å². The van der Waals surface area contributed by atoms with Gasteiger partial charge in [0.2, 0.25) is 0 Å². The maximum absolute atomic E-state index is 5.68. The number of benzene rings is 1. The molecule has 0 aliphatic carbocycles. The Labute approximate surface area is 157 Å². The van der Waals surface area contributed by atoms with E-state index in [0.29, 0.717) is 0 Å². The van der Waals surface area contributed by atoms with E-state index in [9.17, 15) is 0 Å². The zero-order valence-electron chi connectivity index (χ0n) is 15.7. The number of anilines is 1. The Morgan fingerprint density at radius 1 is 0.875 bits per heavy atom. The molecular weight excluding hydrogens is 362 g/mol. The highest BCUT2D eigenvalue weighted by molar-refractivity contribution is 9.10. The fourth-order valence-electron chi connectivity index (χ4n) is 2.82. The highest BCUT2D eigenvalue weighted by Gasteiger charge is 1.98. The summed E-state index contributed by atoms with van der Waals surface area (Å²) in [6.45, 7) is 7.39. The minimum absolute atomic E-state index is 0.955. The van der Waals surface area contributed by atoms with E-state index in [1.807, 2.05) is 0 Å². The number of hydrogen-bond donors (Lipinski definition) is 1. The van der Waals surface area contributed by atoms with Gasteiger partial charge >= 0.3 is 0 Å². The van der Waals surface area contributed by atoms with E-state index < -0.39 is 0 Å². The van der Waals surface area contributed by atoms with E-state index >= 15 is 0 Å². The number of rotatable bonds is 15. The third kappa shape index (κ3) is 11.1. The standard InChI is InChI=1S/C21H36BrNO/c1-3-4-5-11-16-24-17-12-9-7-6-8-10-15-23-21-14-13-20(22)18-19(21)2/h13-14,18,23H,3-12,15-17H2,1-2H3. The monoisotopic (exact) mass is 397 g/mol. The van der Waals surface area contributed by atoms with Crippen LogP contribution in [0.5, 0.6) is 0 Å². The number of hydrogen-bond acceptors (Lipinski definition) is 2. The summed E-state index contributed by atoms with van der Waals surface area (Å²) in [7, 11) is 0. The fourth-order valence-corrected chi connectivity index (χ4v) is 3.29. The summed E-state index contributed by atoms with van der Waals surface area (Å²) >= 11 is 3.51. The lowest BCUT2D eigenvalue weighted by Gasteiger charge is -2.09. The largest absolute Gasteiger partial charge is 0.385 e. The summed E-state index contributed by atoms with van der Waals surface area (Å²) in [5, 5.41) is 3.54. The van der Waals surface area contributed by atoms with Gasteiger partial charge in [-0.05, 0) is 49.9 Å². The number of nitrogens with one attached hydrogen (secondary N) is 1. The van der Waals surface area contributed by atoms with Gasteiger partial charge in [0, 0.05) is 29.9 Å². The Morgan fingerprint density at radius 3 is 2.17 bits per heavy atom. The summed E-state index contributed by atoms with van der Waals surface area (Å²) in [4.78, 5) is 0. The van der Waals surface area contributed by atoms with Crippen molar-refractivity contribution in [1.82, 2.24) is 0 Å². The molecule has 1 aromatic carbocycles. The van der Waals surface area contributed by atoms with Crippen LogP contribution in [0.3, 0.4) is 0 Å². The first-order valence-electron chi connectivity index (χ1n) is 9.82. The Kier molecular flexibility index (Phi) is 13.2. The highest BCUT2D eigenvalue weighted by Crippen LogP contribution is 2.20. The van der Waals surface area contributed by atoms with Crippen molar-refractivity contribution >= 4 is 21.6 Å². The van der Waals surface area contributed by atoms with Crippen LogP contribution in [0.1, 0.15) is 76.7 Å². The average molecular weight is 398 g/mol. The van der Waals surface area contributed by atoms with Crippen molar-refractivity contribution in [2.75, 3.05) is 25.1 Å². The van der Waals surface area contributed by atoms with Crippen LogP contribution in [0.15, 0.2) is 22.7 Å². The van der Waals surface area contributed by atoms with Gasteiger partial charge in [0.1, 0.15) is 0 Å². The van der Waals surface area contributed by atoms with Crippen molar-refractivity contribution in [3.63, 3.8) is 0 Å². The van der Waals surface area contributed by atoms with Crippen LogP contribution in [0, 0.1) is 6.92 Å². The zero-order valence-corrected chi connectivity index (χ0v) is 17.3. The van der Waals surface area contributed by atoms with Gasteiger partial charge in [-0.3, -0.25) is 0 Å². The van der Waals surface area contributed by atoms with E-state index in [1.165, 1.54) is 75.5 Å². The molecule has 0 heterocycles. The molecule has 0 bridgehead atoms. The maximum atomic E-state index is 5.68. The SMILES string of the molecule is CCCCCCOCCCCCCCCNc1ccc(Br)cc1C. The molecule has 1 aromatic rings. The molecular formula is C21H36BrNO. The molecule has 1 N–H and O–H groups in total. The summed E-state index contributed by atoms with van der Waals surface area (Å²) < 4.78 is 6.83. The Hall–Kier alpha value is -0.540. The van der Waals surface area contributed by atoms with Crippen LogP contribution in [0.25, 0.3) is 0 Å². The van der Waals surface area contributed by atoms with Crippen LogP contribution in [0.2, 0.25) is 0 Å². The lowest BCUT2D eigenvalue weighted by Crippen LogP contribution is -2.02. The van der Waals surface area contributed by atoms with Crippen LogP contribution in [-0.4, -0.2) is 19.8 Å². The molecule has 0 aromatic heterocycles. The normalized spacial score (nSPS) is 11.0. The lowest BCUT2D eigenvalue weighted by molar-refractivity contribution is 0.126. The third-order valence-corrected chi connectivity index (χ3v) is 4.85. The molecule has 0 aliphatic heterocycles. The van der Waals surface area contributed by atoms with Gasteiger partial charge in [-0.15, -0.1) is 0 Å². The predicted molar refractivity (Wildman–Crippen MR) is 110 cm³/mol. The van der Waals surface area contributed by atoms with Crippen molar-refractivity contribution in [1.29, 1.82) is 0 Å². The molecule has 24 heavy (non-hydrogen) atoms. The Morgan fingerprint density at radius 2 is 1.50 bits per heavy atom. The van der Waals surface area contributed by atoms with Gasteiger partial charge in [0.15, 0.2) is 0 Å². The summed E-state index contributed by atoms with van der Waals surface area (Å²) in [5.41, 5.74) is 2.56. The Bertz CT molecular complexity index is 422. The highest BCUT2D eigenvalue weighted by atomic mass is 79.9. The number of unbranched alkanes of at least 4 members (excludes halogenated alkanes) is 8. The zero-order chi connectivity index (χ0) is 17.5. The van der Waals surface area contributed by atoms with Crippen LogP contribution in [0.4, 0.5) is 5.69 Å². The lowest BCUT2D eigenvalue weighted by atomic mass is 10.1. The van der Waals surface area contributed by atoms with E-state index in [4.69, 9.17) is 4.74 Å². The molecule has 0 fully saturated rings. The molecule has 0 spiro atoms. The molecule has 0 unspecified atom stereocenters. The number of aryl methyl sites for hydroxylation is 1. The van der Waals surface area contributed by atoms with Gasteiger partial charge in [-0.2, -0.15) is 0 Å². The molecule has 0 saturated heterocycles. The molecule has 0 atom stereocenters. The second-order valence-electron chi connectivity index (χ2n) is 6.68. The summed E-state index contributed by atoms with van der Waals surface area (Å²) in [5.74, 6) is 0. The van der Waals surface area contributed by atoms with Crippen LogP contribution in [-0.2, 0) is 4.74 Å². The third-order valence-electron chi connectivity index (χ3n) is 4.36. The average Bonchev–Trinajstić information content (AvgIpc) is 2.57. The van der Waals surface area contributed by atoms with Gasteiger partial charge in [-0.1, -0.05) is 67.8 Å². The maximum Gasteiger partial charge on any atom is 0.0466 e. The quantitative estimate of drug-likeness (QED) is 0.318. The van der Waals surface area contributed by atoms with E-state index in [2.05, 4.69) is 53.3 Å². The molecule has 0 radical (unpaired) electrons. The van der Waals surface area contributed by atoms with Gasteiger partial charge in [0.05, 0.1) is 0 Å². The van der Waals surface area contributed by atoms with Crippen LogP contribution >= 0.6 is 15.9 Å². The van der Waals surface area contributed by atoms with E-state index in [1.54, 1.807) is 0 Å². The summed E-state index contributed by atoms with van der Waals surface area (Å²) in [6, 6.07) is 6.41. The predicted octanol–water partition coefficient (Wildman–Crippen LogP) is 7.11. The smallest absolute Gasteiger partial charge is 0.0466 e.